The number of carbonyl (C=O) groups excluding carboxylic acids is 1. The van der Waals surface area contributed by atoms with Crippen LogP contribution in [-0.2, 0) is 4.79 Å². The first kappa shape index (κ1) is 15.5. The molecular formula is C15H19ClN2O. The van der Waals surface area contributed by atoms with Crippen LogP contribution in [0.2, 0.25) is 5.02 Å². The van der Waals surface area contributed by atoms with Gasteiger partial charge in [-0.05, 0) is 37.1 Å². The van der Waals surface area contributed by atoms with Crippen molar-refractivity contribution in [3.05, 3.63) is 29.3 Å². The SMILES string of the molecule is CCCC(C#N)(CCC)C(=O)Nc1ccc(Cl)cc1. The predicted octanol–water partition coefficient (Wildman–Crippen LogP) is 4.39. The number of rotatable bonds is 6. The van der Waals surface area contributed by atoms with Crippen molar-refractivity contribution in [1.29, 1.82) is 5.26 Å². The molecule has 0 saturated heterocycles. The Balaban J connectivity index is 2.88. The molecule has 0 radical (unpaired) electrons. The lowest BCUT2D eigenvalue weighted by Gasteiger charge is -2.24. The minimum Gasteiger partial charge on any atom is -0.325 e. The summed E-state index contributed by atoms with van der Waals surface area (Å²) >= 11 is 5.80. The van der Waals surface area contributed by atoms with E-state index in [1.165, 1.54) is 0 Å². The molecule has 0 aliphatic heterocycles. The van der Waals surface area contributed by atoms with Crippen LogP contribution in [0, 0.1) is 16.7 Å². The van der Waals surface area contributed by atoms with Crippen LogP contribution >= 0.6 is 11.6 Å². The van der Waals surface area contributed by atoms with Crippen LogP contribution in [0.5, 0.6) is 0 Å². The summed E-state index contributed by atoms with van der Waals surface area (Å²) in [5, 5.41) is 12.8. The number of nitriles is 1. The van der Waals surface area contributed by atoms with E-state index in [-0.39, 0.29) is 5.91 Å². The van der Waals surface area contributed by atoms with Crippen molar-refractivity contribution in [1.82, 2.24) is 0 Å². The topological polar surface area (TPSA) is 52.9 Å². The average Bonchev–Trinajstić information content (AvgIpc) is 2.41. The van der Waals surface area contributed by atoms with Crippen LogP contribution < -0.4 is 5.32 Å². The van der Waals surface area contributed by atoms with Crippen molar-refractivity contribution in [2.45, 2.75) is 39.5 Å². The van der Waals surface area contributed by atoms with Gasteiger partial charge in [0.2, 0.25) is 5.91 Å². The third-order valence-electron chi connectivity index (χ3n) is 3.10. The number of hydrogen-bond acceptors (Lipinski definition) is 2. The molecule has 0 spiro atoms. The first-order chi connectivity index (χ1) is 9.07. The maximum absolute atomic E-state index is 12.4. The van der Waals surface area contributed by atoms with Gasteiger partial charge in [-0.2, -0.15) is 5.26 Å². The van der Waals surface area contributed by atoms with Gasteiger partial charge in [-0.25, -0.2) is 0 Å². The standard InChI is InChI=1S/C15H19ClN2O/c1-3-9-15(11-17,10-4-2)14(19)18-13-7-5-12(16)6-8-13/h5-8H,3-4,9-10H2,1-2H3,(H,18,19). The Kier molecular flexibility index (Phi) is 5.85. The summed E-state index contributed by atoms with van der Waals surface area (Å²) in [5.74, 6) is -0.221. The number of benzene rings is 1. The van der Waals surface area contributed by atoms with E-state index >= 15 is 0 Å². The molecular weight excluding hydrogens is 260 g/mol. The summed E-state index contributed by atoms with van der Waals surface area (Å²) in [6.07, 6.45) is 2.77. The lowest BCUT2D eigenvalue weighted by Crippen LogP contribution is -2.35. The van der Waals surface area contributed by atoms with E-state index < -0.39 is 5.41 Å². The quantitative estimate of drug-likeness (QED) is 0.839. The van der Waals surface area contributed by atoms with Crippen LogP contribution in [-0.4, -0.2) is 5.91 Å². The highest BCUT2D eigenvalue weighted by Gasteiger charge is 2.36. The third kappa shape index (κ3) is 3.97. The number of nitrogens with one attached hydrogen (secondary N) is 1. The highest BCUT2D eigenvalue weighted by Crippen LogP contribution is 2.31. The Morgan fingerprint density at radius 2 is 1.79 bits per heavy atom. The molecule has 102 valence electrons. The van der Waals surface area contributed by atoms with Gasteiger partial charge < -0.3 is 5.32 Å². The lowest BCUT2D eigenvalue weighted by molar-refractivity contribution is -0.123. The molecule has 1 amide bonds. The van der Waals surface area contributed by atoms with Crippen molar-refractivity contribution < 1.29 is 4.79 Å². The number of nitrogens with zero attached hydrogens (tertiary/aromatic N) is 1. The summed E-state index contributed by atoms with van der Waals surface area (Å²) in [5.41, 5.74) is -0.260. The zero-order valence-corrected chi connectivity index (χ0v) is 12.1. The van der Waals surface area contributed by atoms with E-state index in [1.54, 1.807) is 24.3 Å². The molecule has 1 aromatic carbocycles. The molecule has 1 N–H and O–H groups in total. The fraction of sp³-hybridized carbons (Fsp3) is 0.467. The van der Waals surface area contributed by atoms with Gasteiger partial charge in [-0.15, -0.1) is 0 Å². The molecule has 1 aromatic rings. The van der Waals surface area contributed by atoms with Crippen molar-refractivity contribution in [2.75, 3.05) is 5.32 Å². The first-order valence-electron chi connectivity index (χ1n) is 6.56. The normalized spacial score (nSPS) is 10.8. The van der Waals surface area contributed by atoms with E-state index in [0.717, 1.165) is 12.8 Å². The van der Waals surface area contributed by atoms with Gasteiger partial charge in [-0.1, -0.05) is 38.3 Å². The minimum atomic E-state index is -0.927. The smallest absolute Gasteiger partial charge is 0.244 e. The molecule has 0 unspecified atom stereocenters. The van der Waals surface area contributed by atoms with E-state index in [2.05, 4.69) is 11.4 Å². The van der Waals surface area contributed by atoms with Gasteiger partial charge in [0.15, 0.2) is 0 Å². The molecule has 1 rings (SSSR count). The number of amides is 1. The number of carbonyl (C=O) groups is 1. The molecule has 0 aliphatic carbocycles. The Bertz CT molecular complexity index is 456. The fourth-order valence-electron chi connectivity index (χ4n) is 2.15. The van der Waals surface area contributed by atoms with Gasteiger partial charge in [0, 0.05) is 10.7 Å². The second kappa shape index (κ2) is 7.16. The number of anilines is 1. The monoisotopic (exact) mass is 278 g/mol. The van der Waals surface area contributed by atoms with Gasteiger partial charge in [0.05, 0.1) is 6.07 Å². The molecule has 4 heteroatoms. The van der Waals surface area contributed by atoms with Crippen LogP contribution in [0.1, 0.15) is 39.5 Å². The van der Waals surface area contributed by atoms with Gasteiger partial charge in [0.1, 0.15) is 5.41 Å². The van der Waals surface area contributed by atoms with E-state index in [1.807, 2.05) is 13.8 Å². The minimum absolute atomic E-state index is 0.221. The molecule has 0 heterocycles. The van der Waals surface area contributed by atoms with Crippen molar-refractivity contribution in [2.24, 2.45) is 5.41 Å². The average molecular weight is 279 g/mol. The summed E-state index contributed by atoms with van der Waals surface area (Å²) in [4.78, 5) is 12.4. The molecule has 0 saturated carbocycles. The highest BCUT2D eigenvalue weighted by molar-refractivity contribution is 6.30. The molecule has 0 atom stereocenters. The fourth-order valence-corrected chi connectivity index (χ4v) is 2.28. The summed E-state index contributed by atoms with van der Waals surface area (Å²) in [6, 6.07) is 9.11. The maximum Gasteiger partial charge on any atom is 0.244 e. The zero-order valence-electron chi connectivity index (χ0n) is 11.4. The van der Waals surface area contributed by atoms with E-state index in [9.17, 15) is 10.1 Å². The van der Waals surface area contributed by atoms with Crippen molar-refractivity contribution >= 4 is 23.2 Å². The van der Waals surface area contributed by atoms with Crippen LogP contribution in [0.3, 0.4) is 0 Å². The van der Waals surface area contributed by atoms with E-state index in [0.29, 0.717) is 23.6 Å². The molecule has 3 nitrogen and oxygen atoms in total. The van der Waals surface area contributed by atoms with Crippen molar-refractivity contribution in [3.63, 3.8) is 0 Å². The van der Waals surface area contributed by atoms with Gasteiger partial charge >= 0.3 is 0 Å². The molecule has 19 heavy (non-hydrogen) atoms. The molecule has 0 bridgehead atoms. The van der Waals surface area contributed by atoms with Crippen LogP contribution in [0.15, 0.2) is 24.3 Å². The van der Waals surface area contributed by atoms with Crippen molar-refractivity contribution in [3.8, 4) is 6.07 Å². The summed E-state index contributed by atoms with van der Waals surface area (Å²) < 4.78 is 0. The molecule has 0 fully saturated rings. The van der Waals surface area contributed by atoms with Crippen LogP contribution in [0.25, 0.3) is 0 Å². The second-order valence-electron chi connectivity index (χ2n) is 4.65. The van der Waals surface area contributed by atoms with Gasteiger partial charge in [-0.3, -0.25) is 4.79 Å². The first-order valence-corrected chi connectivity index (χ1v) is 6.94. The Labute approximate surface area is 119 Å². The lowest BCUT2D eigenvalue weighted by atomic mass is 9.79. The number of hydrogen-bond donors (Lipinski definition) is 1. The van der Waals surface area contributed by atoms with E-state index in [4.69, 9.17) is 11.6 Å². The predicted molar refractivity (Wildman–Crippen MR) is 77.9 cm³/mol. The summed E-state index contributed by atoms with van der Waals surface area (Å²) in [6.45, 7) is 3.97. The van der Waals surface area contributed by atoms with Gasteiger partial charge in [0.25, 0.3) is 0 Å². The van der Waals surface area contributed by atoms with Crippen LogP contribution in [0.4, 0.5) is 5.69 Å². The molecule has 0 aliphatic rings. The maximum atomic E-state index is 12.4. The Morgan fingerprint density at radius 1 is 1.26 bits per heavy atom. The summed E-state index contributed by atoms with van der Waals surface area (Å²) in [7, 11) is 0. The molecule has 0 aromatic heterocycles. The zero-order chi connectivity index (χ0) is 14.3. The largest absolute Gasteiger partial charge is 0.325 e. The Morgan fingerprint density at radius 3 is 2.21 bits per heavy atom. The Hall–Kier alpha value is -1.53. The second-order valence-corrected chi connectivity index (χ2v) is 5.09. The third-order valence-corrected chi connectivity index (χ3v) is 3.36. The highest BCUT2D eigenvalue weighted by atomic mass is 35.5. The number of halogens is 1.